The van der Waals surface area contributed by atoms with Crippen molar-refractivity contribution >= 4 is 5.97 Å². The molecule has 0 spiro atoms. The van der Waals surface area contributed by atoms with Crippen LogP contribution < -0.4 is 4.74 Å². The first-order chi connectivity index (χ1) is 8.36. The van der Waals surface area contributed by atoms with Crippen LogP contribution in [0.4, 0.5) is 0 Å². The summed E-state index contributed by atoms with van der Waals surface area (Å²) in [6.07, 6.45) is 0.340. The molecule has 0 aromatic heterocycles. The lowest BCUT2D eigenvalue weighted by molar-refractivity contribution is -0.141. The minimum Gasteiger partial charge on any atom is -0.504 e. The third-order valence-electron chi connectivity index (χ3n) is 2.99. The van der Waals surface area contributed by atoms with E-state index in [0.717, 1.165) is 11.1 Å². The minimum atomic E-state index is -0.855. The summed E-state index contributed by atoms with van der Waals surface area (Å²) in [7, 11) is 1.47. The number of hydrogen-bond acceptors (Lipinski definition) is 3. The highest BCUT2D eigenvalue weighted by atomic mass is 16.5. The van der Waals surface area contributed by atoms with E-state index in [-0.39, 0.29) is 11.7 Å². The summed E-state index contributed by atoms with van der Waals surface area (Å²) in [6, 6.07) is 3.57. The van der Waals surface area contributed by atoms with Gasteiger partial charge in [0.2, 0.25) is 0 Å². The summed E-state index contributed by atoms with van der Waals surface area (Å²) in [6.45, 7) is 5.68. The molecule has 4 nitrogen and oxygen atoms in total. The summed E-state index contributed by atoms with van der Waals surface area (Å²) >= 11 is 0. The zero-order valence-electron chi connectivity index (χ0n) is 11.2. The summed E-state index contributed by atoms with van der Waals surface area (Å²) in [5.41, 5.74) is 1.71. The van der Waals surface area contributed by atoms with Crippen LogP contribution in [0.3, 0.4) is 0 Å². The highest BCUT2D eigenvalue weighted by Gasteiger charge is 2.18. The molecule has 1 rings (SSSR count). The Morgan fingerprint density at radius 2 is 1.94 bits per heavy atom. The predicted octanol–water partition coefficient (Wildman–Crippen LogP) is 2.79. The number of aliphatic carboxylic acids is 1. The average molecular weight is 252 g/mol. The van der Waals surface area contributed by atoms with Gasteiger partial charge in [0.05, 0.1) is 13.0 Å². The third kappa shape index (κ3) is 3.15. The lowest BCUT2D eigenvalue weighted by Gasteiger charge is -2.16. The fourth-order valence-electron chi connectivity index (χ4n) is 1.83. The first-order valence-corrected chi connectivity index (χ1v) is 5.99. The van der Waals surface area contributed by atoms with Crippen LogP contribution in [0.25, 0.3) is 0 Å². The largest absolute Gasteiger partial charge is 0.504 e. The molecule has 1 aromatic rings. The fourth-order valence-corrected chi connectivity index (χ4v) is 1.83. The maximum absolute atomic E-state index is 10.9. The smallest absolute Gasteiger partial charge is 0.306 e. The highest BCUT2D eigenvalue weighted by molar-refractivity contribution is 5.70. The Kier molecular flexibility index (Phi) is 4.59. The molecule has 100 valence electrons. The number of phenols is 1. The van der Waals surface area contributed by atoms with Gasteiger partial charge < -0.3 is 14.9 Å². The molecular formula is C14H20O4. The lowest BCUT2D eigenvalue weighted by Crippen LogP contribution is -2.13. The van der Waals surface area contributed by atoms with Gasteiger partial charge in [-0.2, -0.15) is 0 Å². The molecule has 0 aliphatic rings. The van der Waals surface area contributed by atoms with Gasteiger partial charge in [0.15, 0.2) is 11.5 Å². The van der Waals surface area contributed by atoms with E-state index in [9.17, 15) is 9.90 Å². The number of hydrogen-bond donors (Lipinski definition) is 2. The second-order valence-corrected chi connectivity index (χ2v) is 4.83. The summed E-state index contributed by atoms with van der Waals surface area (Å²) in [5, 5.41) is 18.9. The first kappa shape index (κ1) is 14.4. The molecule has 0 aliphatic carbocycles. The van der Waals surface area contributed by atoms with Crippen molar-refractivity contribution in [3.8, 4) is 11.5 Å². The van der Waals surface area contributed by atoms with Crippen LogP contribution in [0.2, 0.25) is 0 Å². The van der Waals surface area contributed by atoms with Crippen LogP contribution in [0, 0.1) is 5.92 Å². The number of rotatable bonds is 5. The van der Waals surface area contributed by atoms with Crippen LogP contribution in [-0.4, -0.2) is 23.3 Å². The summed E-state index contributed by atoms with van der Waals surface area (Å²) in [4.78, 5) is 10.9. The zero-order chi connectivity index (χ0) is 13.9. The van der Waals surface area contributed by atoms with Gasteiger partial charge in [-0.25, -0.2) is 0 Å². The Bertz CT molecular complexity index is 438. The van der Waals surface area contributed by atoms with Crippen LogP contribution in [0.15, 0.2) is 12.1 Å². The Balaban J connectivity index is 3.17. The molecule has 0 fully saturated rings. The molecule has 0 heterocycles. The number of aromatic hydroxyl groups is 1. The summed E-state index contributed by atoms with van der Waals surface area (Å²) in [5.74, 6) is -0.670. The number of carbonyl (C=O) groups is 1. The number of carboxylic acid groups (broad SMARTS) is 1. The van der Waals surface area contributed by atoms with E-state index < -0.39 is 11.9 Å². The molecule has 1 aromatic carbocycles. The number of phenolic OH excluding ortho intramolecular Hbond substituents is 1. The topological polar surface area (TPSA) is 66.8 Å². The molecule has 2 N–H and O–H groups in total. The number of ether oxygens (including phenoxy) is 1. The Morgan fingerprint density at radius 3 is 2.39 bits per heavy atom. The SMILES string of the molecule is COc1c(O)cc(C(C)C)cc1CC(C)C(=O)O. The second-order valence-electron chi connectivity index (χ2n) is 4.83. The van der Waals surface area contributed by atoms with E-state index >= 15 is 0 Å². The second kappa shape index (κ2) is 5.76. The van der Waals surface area contributed by atoms with Crippen molar-refractivity contribution in [1.29, 1.82) is 0 Å². The molecule has 18 heavy (non-hydrogen) atoms. The Labute approximate surface area is 107 Å². The highest BCUT2D eigenvalue weighted by Crippen LogP contribution is 2.35. The third-order valence-corrected chi connectivity index (χ3v) is 2.99. The predicted molar refractivity (Wildman–Crippen MR) is 69.3 cm³/mol. The average Bonchev–Trinajstić information content (AvgIpc) is 2.28. The van der Waals surface area contributed by atoms with Crippen molar-refractivity contribution in [3.05, 3.63) is 23.3 Å². The lowest BCUT2D eigenvalue weighted by atomic mass is 9.94. The molecule has 1 atom stereocenters. The molecule has 4 heteroatoms. The number of carboxylic acids is 1. The molecule has 1 unspecified atom stereocenters. The van der Waals surface area contributed by atoms with Crippen molar-refractivity contribution in [2.45, 2.75) is 33.1 Å². The number of benzene rings is 1. The van der Waals surface area contributed by atoms with E-state index in [1.54, 1.807) is 13.0 Å². The maximum atomic E-state index is 10.9. The van der Waals surface area contributed by atoms with Gasteiger partial charge in [-0.3, -0.25) is 4.79 Å². The van der Waals surface area contributed by atoms with Crippen LogP contribution in [0.5, 0.6) is 11.5 Å². The van der Waals surface area contributed by atoms with E-state index in [2.05, 4.69) is 0 Å². The van der Waals surface area contributed by atoms with Crippen LogP contribution in [0.1, 0.15) is 37.8 Å². The molecular weight excluding hydrogens is 232 g/mol. The molecule has 0 radical (unpaired) electrons. The van der Waals surface area contributed by atoms with Crippen molar-refractivity contribution in [1.82, 2.24) is 0 Å². The van der Waals surface area contributed by atoms with Crippen LogP contribution in [-0.2, 0) is 11.2 Å². The maximum Gasteiger partial charge on any atom is 0.306 e. The van der Waals surface area contributed by atoms with E-state index in [0.29, 0.717) is 12.2 Å². The monoisotopic (exact) mass is 252 g/mol. The van der Waals surface area contributed by atoms with Crippen LogP contribution >= 0.6 is 0 Å². The van der Waals surface area contributed by atoms with Crippen molar-refractivity contribution < 1.29 is 19.7 Å². The van der Waals surface area contributed by atoms with Crippen molar-refractivity contribution in [2.24, 2.45) is 5.92 Å². The molecule has 0 saturated carbocycles. The number of methoxy groups -OCH3 is 1. The van der Waals surface area contributed by atoms with Crippen molar-refractivity contribution in [2.75, 3.05) is 7.11 Å². The summed E-state index contributed by atoms with van der Waals surface area (Å²) < 4.78 is 5.15. The van der Waals surface area contributed by atoms with Gasteiger partial charge in [0.25, 0.3) is 0 Å². The Hall–Kier alpha value is -1.71. The molecule has 0 aliphatic heterocycles. The zero-order valence-corrected chi connectivity index (χ0v) is 11.2. The first-order valence-electron chi connectivity index (χ1n) is 5.99. The van der Waals surface area contributed by atoms with Gasteiger partial charge in [-0.1, -0.05) is 26.8 Å². The van der Waals surface area contributed by atoms with Gasteiger partial charge in [0, 0.05) is 0 Å². The van der Waals surface area contributed by atoms with Gasteiger partial charge in [0.1, 0.15) is 0 Å². The van der Waals surface area contributed by atoms with Gasteiger partial charge in [-0.15, -0.1) is 0 Å². The van der Waals surface area contributed by atoms with Gasteiger partial charge in [-0.05, 0) is 29.5 Å². The minimum absolute atomic E-state index is 0.0660. The standard InChI is InChI=1S/C14H20O4/c1-8(2)10-6-11(5-9(3)14(16)17)13(18-4)12(15)7-10/h6-9,15H,5H2,1-4H3,(H,16,17). The quantitative estimate of drug-likeness (QED) is 0.845. The Morgan fingerprint density at radius 1 is 1.33 bits per heavy atom. The fraction of sp³-hybridized carbons (Fsp3) is 0.500. The normalized spacial score (nSPS) is 12.5. The van der Waals surface area contributed by atoms with E-state index in [1.807, 2.05) is 19.9 Å². The van der Waals surface area contributed by atoms with Crippen molar-refractivity contribution in [3.63, 3.8) is 0 Å². The molecule has 0 bridgehead atoms. The van der Waals surface area contributed by atoms with Gasteiger partial charge >= 0.3 is 5.97 Å². The molecule has 0 amide bonds. The van der Waals surface area contributed by atoms with E-state index in [1.165, 1.54) is 7.11 Å². The molecule has 0 saturated heterocycles. The van der Waals surface area contributed by atoms with E-state index in [4.69, 9.17) is 9.84 Å².